The Morgan fingerprint density at radius 3 is 0.890 bits per heavy atom. The summed E-state index contributed by atoms with van der Waals surface area (Å²) < 4.78 is 16.8. The van der Waals surface area contributed by atoms with Gasteiger partial charge in [-0.05, 0) is 89.9 Å². The van der Waals surface area contributed by atoms with Crippen molar-refractivity contribution in [3.05, 3.63) is 158 Å². The number of carbonyl (C=O) groups excluding carboxylic acids is 3. The lowest BCUT2D eigenvalue weighted by atomic mass is 10.1. The first-order valence-corrected chi connectivity index (χ1v) is 29.2. The first-order valence-electron chi connectivity index (χ1n) is 29.2. The second-order valence-electron chi connectivity index (χ2n) is 18.8. The lowest BCUT2D eigenvalue weighted by Crippen LogP contribution is -2.30. The molecule has 0 aromatic carbocycles. The van der Waals surface area contributed by atoms with Gasteiger partial charge in [-0.2, -0.15) is 0 Å². The highest BCUT2D eigenvalue weighted by Crippen LogP contribution is 2.13. The third kappa shape index (κ3) is 57.8. The topological polar surface area (TPSA) is 78.9 Å². The fourth-order valence-corrected chi connectivity index (χ4v) is 7.43. The van der Waals surface area contributed by atoms with Crippen molar-refractivity contribution in [1.82, 2.24) is 0 Å². The lowest BCUT2D eigenvalue weighted by molar-refractivity contribution is -0.167. The largest absolute Gasteiger partial charge is 0.462 e. The quantitative estimate of drug-likeness (QED) is 0.0261. The van der Waals surface area contributed by atoms with Crippen LogP contribution in [0.5, 0.6) is 0 Å². The van der Waals surface area contributed by atoms with Crippen LogP contribution in [0.3, 0.4) is 0 Å². The van der Waals surface area contributed by atoms with Gasteiger partial charge in [-0.25, -0.2) is 0 Å². The Morgan fingerprint density at radius 2 is 0.534 bits per heavy atom. The average molecular weight is 1010 g/mol. The SMILES string of the molecule is CC\C=C/C=C\C=C/C=C\C=C\C=C/C=C\CCCCCC(=O)OCC(COC(=O)CCCCCCC/C=C\C=C/CCCCCCCCC)OC(=O)CCCCCCC\C=C/C=C\C=C/C=C\CCCCC. The molecule has 0 bridgehead atoms. The summed E-state index contributed by atoms with van der Waals surface area (Å²) in [5.74, 6) is -1.01. The second kappa shape index (κ2) is 59.6. The smallest absolute Gasteiger partial charge is 0.306 e. The maximum Gasteiger partial charge on any atom is 0.306 e. The van der Waals surface area contributed by atoms with Crippen molar-refractivity contribution < 1.29 is 28.6 Å². The molecule has 0 saturated carbocycles. The number of allylic oxidation sites excluding steroid dienone is 26. The third-order valence-corrected chi connectivity index (χ3v) is 11.8. The highest BCUT2D eigenvalue weighted by molar-refractivity contribution is 5.71. The minimum absolute atomic E-state index is 0.118. The van der Waals surface area contributed by atoms with Gasteiger partial charge in [0.25, 0.3) is 0 Å². The monoisotopic (exact) mass is 1000 g/mol. The standard InChI is InChI=1S/C67H104O6/c1-4-7-10-13-16-19-22-25-28-31-34-37-39-42-45-48-51-54-57-60-66(69)72-63-64(73-67(70)61-58-55-52-49-46-43-40-36-33-30-27-24-21-18-15-12-9-6-3)62-71-65(68)59-56-53-50-47-44-41-38-35-32-29-26-23-20-17-14-11-8-5-2/h7,10,13,16,18-19,21-22,24-25,27-40,42,45,64H,4-6,8-9,11-12,14-15,17,20,23,26,41,43-44,46-63H2,1-3H3/b10-7-,16-13-,21-18-,22-19-,27-24-,28-25-,32-29-,33-30-,34-31+,38-35-,39-37-,40-36-,45-42-. The van der Waals surface area contributed by atoms with Crippen LogP contribution in [0.1, 0.15) is 226 Å². The van der Waals surface area contributed by atoms with Crippen LogP contribution >= 0.6 is 0 Å². The number of rotatable bonds is 50. The molecule has 0 spiro atoms. The van der Waals surface area contributed by atoms with Gasteiger partial charge in [0.05, 0.1) is 0 Å². The van der Waals surface area contributed by atoms with E-state index in [0.29, 0.717) is 12.8 Å². The Hall–Kier alpha value is -4.97. The molecule has 0 rings (SSSR count). The van der Waals surface area contributed by atoms with Crippen LogP contribution in [0.15, 0.2) is 158 Å². The molecule has 0 heterocycles. The molecule has 6 nitrogen and oxygen atoms in total. The molecule has 0 aromatic heterocycles. The second-order valence-corrected chi connectivity index (χ2v) is 18.8. The van der Waals surface area contributed by atoms with Gasteiger partial charge in [-0.3, -0.25) is 14.4 Å². The summed E-state index contributed by atoms with van der Waals surface area (Å²) in [6.07, 6.45) is 86.4. The number of esters is 3. The van der Waals surface area contributed by atoms with E-state index in [9.17, 15) is 14.4 Å². The predicted octanol–water partition coefficient (Wildman–Crippen LogP) is 19.8. The van der Waals surface area contributed by atoms with Crippen LogP contribution in [-0.4, -0.2) is 37.2 Å². The summed E-state index contributed by atoms with van der Waals surface area (Å²) >= 11 is 0. The molecule has 6 heteroatoms. The Morgan fingerprint density at radius 1 is 0.288 bits per heavy atom. The van der Waals surface area contributed by atoms with Gasteiger partial charge in [0, 0.05) is 19.3 Å². The molecule has 0 radical (unpaired) electrons. The van der Waals surface area contributed by atoms with Gasteiger partial charge in [0.1, 0.15) is 13.2 Å². The molecule has 0 saturated heterocycles. The number of ether oxygens (including phenoxy) is 3. The Balaban J connectivity index is 4.61. The normalized spacial score (nSPS) is 13.3. The fourth-order valence-electron chi connectivity index (χ4n) is 7.43. The van der Waals surface area contributed by atoms with Gasteiger partial charge in [0.15, 0.2) is 6.10 Å². The van der Waals surface area contributed by atoms with Crippen molar-refractivity contribution in [2.45, 2.75) is 232 Å². The molecule has 0 aliphatic carbocycles. The molecular formula is C67H104O6. The van der Waals surface area contributed by atoms with Crippen molar-refractivity contribution in [2.24, 2.45) is 0 Å². The van der Waals surface area contributed by atoms with Crippen molar-refractivity contribution in [1.29, 1.82) is 0 Å². The number of carbonyl (C=O) groups is 3. The zero-order valence-electron chi connectivity index (χ0n) is 46.6. The van der Waals surface area contributed by atoms with E-state index >= 15 is 0 Å². The summed E-state index contributed by atoms with van der Waals surface area (Å²) in [6.45, 7) is 6.37. The first kappa shape index (κ1) is 68.0. The van der Waals surface area contributed by atoms with E-state index in [1.165, 1.54) is 70.6 Å². The van der Waals surface area contributed by atoms with E-state index in [-0.39, 0.29) is 44.0 Å². The molecule has 0 N–H and O–H groups in total. The van der Waals surface area contributed by atoms with E-state index in [4.69, 9.17) is 14.2 Å². The summed E-state index contributed by atoms with van der Waals surface area (Å²) in [4.78, 5) is 38.2. The number of unbranched alkanes of at least 4 members (excludes halogenated alkanes) is 23. The Labute approximate surface area is 448 Å². The van der Waals surface area contributed by atoms with Crippen molar-refractivity contribution in [3.63, 3.8) is 0 Å². The van der Waals surface area contributed by atoms with Crippen LogP contribution in [0.2, 0.25) is 0 Å². The molecule has 1 atom stereocenters. The number of hydrogen-bond acceptors (Lipinski definition) is 6. The molecule has 408 valence electrons. The van der Waals surface area contributed by atoms with Crippen LogP contribution in [0, 0.1) is 0 Å². The zero-order chi connectivity index (χ0) is 52.9. The molecule has 0 aliphatic heterocycles. The summed E-state index contributed by atoms with van der Waals surface area (Å²) in [7, 11) is 0. The van der Waals surface area contributed by atoms with Gasteiger partial charge in [-0.15, -0.1) is 0 Å². The van der Waals surface area contributed by atoms with E-state index in [1.54, 1.807) is 0 Å². The van der Waals surface area contributed by atoms with Crippen LogP contribution in [0.25, 0.3) is 0 Å². The van der Waals surface area contributed by atoms with Crippen molar-refractivity contribution in [3.8, 4) is 0 Å². The summed E-state index contributed by atoms with van der Waals surface area (Å²) in [5, 5.41) is 0. The van der Waals surface area contributed by atoms with E-state index in [1.807, 2.05) is 72.9 Å². The highest BCUT2D eigenvalue weighted by Gasteiger charge is 2.19. The van der Waals surface area contributed by atoms with Gasteiger partial charge < -0.3 is 14.2 Å². The van der Waals surface area contributed by atoms with Gasteiger partial charge >= 0.3 is 17.9 Å². The summed E-state index contributed by atoms with van der Waals surface area (Å²) in [5.41, 5.74) is 0. The molecule has 0 fully saturated rings. The predicted molar refractivity (Wildman–Crippen MR) is 315 cm³/mol. The average Bonchev–Trinajstić information content (AvgIpc) is 3.39. The van der Waals surface area contributed by atoms with E-state index < -0.39 is 6.10 Å². The first-order chi connectivity index (χ1) is 36.0. The molecule has 73 heavy (non-hydrogen) atoms. The van der Waals surface area contributed by atoms with E-state index in [0.717, 1.165) is 109 Å². The maximum absolute atomic E-state index is 12.9. The van der Waals surface area contributed by atoms with Crippen molar-refractivity contribution >= 4 is 17.9 Å². The minimum Gasteiger partial charge on any atom is -0.462 e. The minimum atomic E-state index is -0.826. The van der Waals surface area contributed by atoms with Crippen LogP contribution < -0.4 is 0 Å². The van der Waals surface area contributed by atoms with Gasteiger partial charge in [-0.1, -0.05) is 275 Å². The number of hydrogen-bond donors (Lipinski definition) is 0. The Kier molecular flexibility index (Phi) is 55.5. The van der Waals surface area contributed by atoms with Crippen LogP contribution in [0.4, 0.5) is 0 Å². The summed E-state index contributed by atoms with van der Waals surface area (Å²) in [6, 6.07) is 0. The highest BCUT2D eigenvalue weighted by atomic mass is 16.6. The Bertz CT molecular complexity index is 1670. The molecule has 0 amide bonds. The molecule has 0 aromatic rings. The molecular weight excluding hydrogens is 901 g/mol. The van der Waals surface area contributed by atoms with E-state index in [2.05, 4.69) is 106 Å². The zero-order valence-corrected chi connectivity index (χ0v) is 46.6. The molecule has 1 unspecified atom stereocenters. The third-order valence-electron chi connectivity index (χ3n) is 11.8. The molecule has 0 aliphatic rings. The van der Waals surface area contributed by atoms with Crippen LogP contribution in [-0.2, 0) is 28.6 Å². The van der Waals surface area contributed by atoms with Gasteiger partial charge in [0.2, 0.25) is 0 Å². The lowest BCUT2D eigenvalue weighted by Gasteiger charge is -2.18. The fraction of sp³-hybridized carbons (Fsp3) is 0.567. The maximum atomic E-state index is 12.9. The van der Waals surface area contributed by atoms with Crippen molar-refractivity contribution in [2.75, 3.05) is 13.2 Å².